The highest BCUT2D eigenvalue weighted by molar-refractivity contribution is 5.94. The maximum absolute atomic E-state index is 13.1. The van der Waals surface area contributed by atoms with E-state index in [1.807, 2.05) is 0 Å². The lowest BCUT2D eigenvalue weighted by atomic mass is 10.1. The highest BCUT2D eigenvalue weighted by Crippen LogP contribution is 2.14. The summed E-state index contributed by atoms with van der Waals surface area (Å²) in [5.74, 6) is -4.41. The molecule has 0 aliphatic heterocycles. The van der Waals surface area contributed by atoms with Crippen molar-refractivity contribution in [2.45, 2.75) is 6.42 Å². The van der Waals surface area contributed by atoms with Crippen LogP contribution in [0.2, 0.25) is 0 Å². The fourth-order valence-electron chi connectivity index (χ4n) is 1.15. The van der Waals surface area contributed by atoms with E-state index in [0.29, 0.717) is 25.1 Å². The monoisotopic (exact) mass is 268 g/mol. The van der Waals surface area contributed by atoms with Crippen LogP contribution in [0, 0.1) is 17.5 Å². The van der Waals surface area contributed by atoms with Gasteiger partial charge in [-0.15, -0.1) is 12.4 Å². The van der Waals surface area contributed by atoms with Crippen LogP contribution in [0.3, 0.4) is 0 Å². The number of hydrogen-bond acceptors (Lipinski definition) is 2. The number of nitrogens with two attached hydrogens (primary N) is 1. The lowest BCUT2D eigenvalue weighted by Gasteiger charge is -2.06. The van der Waals surface area contributed by atoms with Crippen LogP contribution in [0.15, 0.2) is 12.1 Å². The summed E-state index contributed by atoms with van der Waals surface area (Å²) in [4.78, 5) is 11.3. The van der Waals surface area contributed by atoms with Gasteiger partial charge in [0, 0.05) is 18.7 Å². The summed E-state index contributed by atoms with van der Waals surface area (Å²) >= 11 is 0. The minimum atomic E-state index is -1.22. The Balaban J connectivity index is 0.00000256. The normalized spacial score (nSPS) is 9.65. The SMILES string of the molecule is Cl.NCCCNC(=O)c1c(F)cc(F)cc1F. The number of hydrogen-bond donors (Lipinski definition) is 2. The number of nitrogens with one attached hydrogen (secondary N) is 1. The predicted molar refractivity (Wildman–Crippen MR) is 59.6 cm³/mol. The maximum atomic E-state index is 13.1. The molecule has 3 N–H and O–H groups in total. The Morgan fingerprint density at radius 2 is 1.76 bits per heavy atom. The Morgan fingerprint density at radius 3 is 2.24 bits per heavy atom. The summed E-state index contributed by atoms with van der Waals surface area (Å²) in [6.45, 7) is 0.570. The summed E-state index contributed by atoms with van der Waals surface area (Å²) in [7, 11) is 0. The summed E-state index contributed by atoms with van der Waals surface area (Å²) in [5.41, 5.74) is 4.40. The lowest BCUT2D eigenvalue weighted by molar-refractivity contribution is 0.0945. The van der Waals surface area contributed by atoms with Crippen LogP contribution in [0.1, 0.15) is 16.8 Å². The van der Waals surface area contributed by atoms with Crippen molar-refractivity contribution in [1.29, 1.82) is 0 Å². The third kappa shape index (κ3) is 4.24. The molecule has 0 atom stereocenters. The maximum Gasteiger partial charge on any atom is 0.257 e. The molecule has 96 valence electrons. The molecule has 1 aromatic carbocycles. The fraction of sp³-hybridized carbons (Fsp3) is 0.300. The molecule has 0 aromatic heterocycles. The van der Waals surface area contributed by atoms with E-state index in [0.717, 1.165) is 0 Å². The first-order chi connectivity index (χ1) is 7.56. The second-order valence-electron chi connectivity index (χ2n) is 3.14. The molecule has 1 rings (SSSR count). The van der Waals surface area contributed by atoms with E-state index in [9.17, 15) is 18.0 Å². The molecular weight excluding hydrogens is 257 g/mol. The summed E-state index contributed by atoms with van der Waals surface area (Å²) in [6.07, 6.45) is 0.496. The predicted octanol–water partition coefficient (Wildman–Crippen LogP) is 1.60. The Kier molecular flexibility index (Phi) is 6.60. The van der Waals surface area contributed by atoms with Crippen molar-refractivity contribution in [3.63, 3.8) is 0 Å². The minimum Gasteiger partial charge on any atom is -0.352 e. The molecule has 0 saturated heterocycles. The molecule has 0 aliphatic rings. The Labute approximate surface area is 103 Å². The largest absolute Gasteiger partial charge is 0.352 e. The van der Waals surface area contributed by atoms with E-state index in [2.05, 4.69) is 5.32 Å². The van der Waals surface area contributed by atoms with E-state index in [1.165, 1.54) is 0 Å². The summed E-state index contributed by atoms with van der Waals surface area (Å²) in [5, 5.41) is 2.28. The number of benzene rings is 1. The van der Waals surface area contributed by atoms with Crippen molar-refractivity contribution < 1.29 is 18.0 Å². The quantitative estimate of drug-likeness (QED) is 0.815. The Hall–Kier alpha value is -1.27. The van der Waals surface area contributed by atoms with E-state index in [4.69, 9.17) is 5.73 Å². The van der Waals surface area contributed by atoms with Crippen LogP contribution in [-0.2, 0) is 0 Å². The molecule has 0 unspecified atom stereocenters. The van der Waals surface area contributed by atoms with Gasteiger partial charge in [0.2, 0.25) is 0 Å². The zero-order valence-corrected chi connectivity index (χ0v) is 9.62. The summed E-state index contributed by atoms with van der Waals surface area (Å²) < 4.78 is 38.8. The van der Waals surface area contributed by atoms with Gasteiger partial charge < -0.3 is 11.1 Å². The topological polar surface area (TPSA) is 55.1 Å². The molecule has 0 heterocycles. The molecule has 17 heavy (non-hydrogen) atoms. The fourth-order valence-corrected chi connectivity index (χ4v) is 1.15. The van der Waals surface area contributed by atoms with Crippen molar-refractivity contribution >= 4 is 18.3 Å². The molecule has 0 bridgehead atoms. The first-order valence-corrected chi connectivity index (χ1v) is 4.69. The molecule has 0 aliphatic carbocycles. The van der Waals surface area contributed by atoms with Crippen molar-refractivity contribution in [3.8, 4) is 0 Å². The van der Waals surface area contributed by atoms with Crippen LogP contribution < -0.4 is 11.1 Å². The van der Waals surface area contributed by atoms with E-state index < -0.39 is 28.9 Å². The molecule has 0 spiro atoms. The van der Waals surface area contributed by atoms with Gasteiger partial charge in [0.25, 0.3) is 5.91 Å². The lowest BCUT2D eigenvalue weighted by Crippen LogP contribution is -2.27. The molecule has 3 nitrogen and oxygen atoms in total. The van der Waals surface area contributed by atoms with Crippen LogP contribution in [0.5, 0.6) is 0 Å². The van der Waals surface area contributed by atoms with Gasteiger partial charge in [0.15, 0.2) is 0 Å². The highest BCUT2D eigenvalue weighted by atomic mass is 35.5. The average Bonchev–Trinajstić information content (AvgIpc) is 2.16. The number of carbonyl (C=O) groups excluding carboxylic acids is 1. The van der Waals surface area contributed by atoms with Gasteiger partial charge in [0.1, 0.15) is 23.0 Å². The van der Waals surface area contributed by atoms with Crippen molar-refractivity contribution in [2.24, 2.45) is 5.73 Å². The van der Waals surface area contributed by atoms with Crippen LogP contribution >= 0.6 is 12.4 Å². The van der Waals surface area contributed by atoms with Gasteiger partial charge in [-0.2, -0.15) is 0 Å². The first-order valence-electron chi connectivity index (χ1n) is 4.69. The first kappa shape index (κ1) is 15.7. The second-order valence-corrected chi connectivity index (χ2v) is 3.14. The average molecular weight is 269 g/mol. The van der Waals surface area contributed by atoms with Gasteiger partial charge >= 0.3 is 0 Å². The number of rotatable bonds is 4. The third-order valence-electron chi connectivity index (χ3n) is 1.90. The molecular formula is C10H12ClF3N2O. The molecule has 1 amide bonds. The van der Waals surface area contributed by atoms with E-state index in [1.54, 1.807) is 0 Å². The van der Waals surface area contributed by atoms with E-state index >= 15 is 0 Å². The smallest absolute Gasteiger partial charge is 0.257 e. The van der Waals surface area contributed by atoms with Gasteiger partial charge in [-0.1, -0.05) is 0 Å². The zero-order chi connectivity index (χ0) is 12.1. The second kappa shape index (κ2) is 7.13. The summed E-state index contributed by atoms with van der Waals surface area (Å²) in [6, 6.07) is 0.919. The van der Waals surface area contributed by atoms with Gasteiger partial charge in [0.05, 0.1) is 0 Å². The van der Waals surface area contributed by atoms with Gasteiger partial charge in [-0.25, -0.2) is 13.2 Å². The standard InChI is InChI=1S/C10H11F3N2O.ClH/c11-6-4-7(12)9(8(13)5-6)10(16)15-3-1-2-14;/h4-5H,1-3,14H2,(H,15,16);1H. The van der Waals surface area contributed by atoms with Crippen LogP contribution in [0.4, 0.5) is 13.2 Å². The van der Waals surface area contributed by atoms with Crippen molar-refractivity contribution in [1.82, 2.24) is 5.32 Å². The highest BCUT2D eigenvalue weighted by Gasteiger charge is 2.18. The minimum absolute atomic E-state index is 0. The number of amides is 1. The number of carbonyl (C=O) groups is 1. The molecule has 0 saturated carbocycles. The number of halogens is 4. The molecule has 1 aromatic rings. The molecule has 0 fully saturated rings. The van der Waals surface area contributed by atoms with Crippen LogP contribution in [-0.4, -0.2) is 19.0 Å². The van der Waals surface area contributed by atoms with Crippen molar-refractivity contribution in [3.05, 3.63) is 35.1 Å². The Bertz CT molecular complexity index is 378. The Morgan fingerprint density at radius 1 is 1.24 bits per heavy atom. The molecule has 0 radical (unpaired) electrons. The van der Waals surface area contributed by atoms with Gasteiger partial charge in [-0.05, 0) is 13.0 Å². The van der Waals surface area contributed by atoms with Crippen LogP contribution in [0.25, 0.3) is 0 Å². The van der Waals surface area contributed by atoms with Crippen molar-refractivity contribution in [2.75, 3.05) is 13.1 Å². The molecule has 7 heteroatoms. The third-order valence-corrected chi connectivity index (χ3v) is 1.90. The van der Waals surface area contributed by atoms with E-state index in [-0.39, 0.29) is 19.0 Å². The zero-order valence-electron chi connectivity index (χ0n) is 8.80. The van der Waals surface area contributed by atoms with Gasteiger partial charge in [-0.3, -0.25) is 4.79 Å².